The first-order valence-electron chi connectivity index (χ1n) is 5.90. The molecule has 0 saturated heterocycles. The predicted octanol–water partition coefficient (Wildman–Crippen LogP) is 3.51. The molecule has 0 aliphatic rings. The van der Waals surface area contributed by atoms with Gasteiger partial charge in [-0.25, -0.2) is 5.43 Å². The minimum Gasteiger partial charge on any atom is -0.271 e. The van der Waals surface area contributed by atoms with E-state index in [2.05, 4.69) is 36.6 Å². The minimum absolute atomic E-state index is 0.0845. The molecule has 0 spiro atoms. The van der Waals surface area contributed by atoms with Crippen LogP contribution in [0, 0.1) is 13.8 Å². The van der Waals surface area contributed by atoms with Crippen LogP contribution in [-0.2, 0) is 0 Å². The number of nitrogens with one attached hydrogen (secondary N) is 1. The van der Waals surface area contributed by atoms with E-state index in [1.165, 1.54) is 5.56 Å². The quantitative estimate of drug-likeness (QED) is 0.655. The van der Waals surface area contributed by atoms with Gasteiger partial charge in [0.15, 0.2) is 0 Å². The molecule has 2 aromatic rings. The largest absolute Gasteiger partial charge is 0.271 e. The third kappa shape index (κ3) is 2.72. The van der Waals surface area contributed by atoms with Gasteiger partial charge in [0.2, 0.25) is 0 Å². The summed E-state index contributed by atoms with van der Waals surface area (Å²) in [6.45, 7) is 4.08. The topological polar surface area (TPSA) is 38.0 Å². The molecule has 0 heterocycles. The van der Waals surface area contributed by atoms with Crippen molar-refractivity contribution in [2.45, 2.75) is 19.9 Å². The summed E-state index contributed by atoms with van der Waals surface area (Å²) in [5, 5.41) is 0.735. The first-order chi connectivity index (χ1) is 8.61. The van der Waals surface area contributed by atoms with Gasteiger partial charge < -0.3 is 0 Å². The molecule has 0 aliphatic carbocycles. The molecule has 3 N–H and O–H groups in total. The van der Waals surface area contributed by atoms with E-state index in [-0.39, 0.29) is 6.04 Å². The fourth-order valence-corrected chi connectivity index (χ4v) is 2.33. The van der Waals surface area contributed by atoms with Gasteiger partial charge in [0.05, 0.1) is 6.04 Å². The molecule has 0 bridgehead atoms. The average Bonchev–Trinajstić information content (AvgIpc) is 2.35. The van der Waals surface area contributed by atoms with Gasteiger partial charge in [-0.1, -0.05) is 53.6 Å². The Balaban J connectivity index is 2.41. The molecular formula is C15H17ClN2. The molecule has 0 aromatic heterocycles. The third-order valence-corrected chi connectivity index (χ3v) is 3.37. The summed E-state index contributed by atoms with van der Waals surface area (Å²) in [7, 11) is 0. The van der Waals surface area contributed by atoms with Crippen LogP contribution in [0.3, 0.4) is 0 Å². The Labute approximate surface area is 113 Å². The van der Waals surface area contributed by atoms with E-state index in [0.29, 0.717) is 0 Å². The fraction of sp³-hybridized carbons (Fsp3) is 0.200. The highest BCUT2D eigenvalue weighted by atomic mass is 35.5. The Morgan fingerprint density at radius 3 is 2.17 bits per heavy atom. The Morgan fingerprint density at radius 1 is 1.00 bits per heavy atom. The monoisotopic (exact) mass is 260 g/mol. The number of aryl methyl sites for hydroxylation is 2. The molecule has 2 rings (SSSR count). The van der Waals surface area contributed by atoms with Crippen LogP contribution in [0.4, 0.5) is 0 Å². The molecule has 2 aromatic carbocycles. The highest BCUT2D eigenvalue weighted by Gasteiger charge is 2.15. The first-order valence-corrected chi connectivity index (χ1v) is 6.28. The van der Waals surface area contributed by atoms with E-state index in [9.17, 15) is 0 Å². The zero-order valence-electron chi connectivity index (χ0n) is 10.6. The van der Waals surface area contributed by atoms with Crippen LogP contribution in [0.5, 0.6) is 0 Å². The van der Waals surface area contributed by atoms with E-state index < -0.39 is 0 Å². The second-order valence-electron chi connectivity index (χ2n) is 4.54. The molecular weight excluding hydrogens is 244 g/mol. The molecule has 0 amide bonds. The van der Waals surface area contributed by atoms with Crippen LogP contribution >= 0.6 is 11.6 Å². The van der Waals surface area contributed by atoms with Gasteiger partial charge in [0.1, 0.15) is 0 Å². The van der Waals surface area contributed by atoms with Crippen molar-refractivity contribution >= 4 is 11.6 Å². The molecule has 18 heavy (non-hydrogen) atoms. The van der Waals surface area contributed by atoms with Crippen LogP contribution < -0.4 is 11.3 Å². The molecule has 0 radical (unpaired) electrons. The number of benzene rings is 2. The Bertz CT molecular complexity index is 535. The molecule has 1 atom stereocenters. The fourth-order valence-electron chi connectivity index (χ4n) is 1.99. The van der Waals surface area contributed by atoms with Crippen molar-refractivity contribution in [1.82, 2.24) is 5.43 Å². The van der Waals surface area contributed by atoms with Crippen molar-refractivity contribution in [2.75, 3.05) is 0 Å². The lowest BCUT2D eigenvalue weighted by Gasteiger charge is -2.18. The third-order valence-electron chi connectivity index (χ3n) is 3.04. The lowest BCUT2D eigenvalue weighted by molar-refractivity contribution is 0.637. The van der Waals surface area contributed by atoms with Crippen molar-refractivity contribution in [1.29, 1.82) is 0 Å². The normalized spacial score (nSPS) is 12.4. The maximum Gasteiger partial charge on any atom is 0.0724 e. The van der Waals surface area contributed by atoms with Gasteiger partial charge in [-0.3, -0.25) is 5.84 Å². The van der Waals surface area contributed by atoms with Crippen LogP contribution in [0.1, 0.15) is 28.3 Å². The smallest absolute Gasteiger partial charge is 0.0724 e. The number of hydrazine groups is 1. The Morgan fingerprint density at radius 2 is 1.61 bits per heavy atom. The van der Waals surface area contributed by atoms with Crippen LogP contribution in [0.2, 0.25) is 5.02 Å². The summed E-state index contributed by atoms with van der Waals surface area (Å²) in [5.41, 5.74) is 7.30. The Hall–Kier alpha value is -1.35. The van der Waals surface area contributed by atoms with Crippen LogP contribution in [0.25, 0.3) is 0 Å². The maximum absolute atomic E-state index is 6.29. The number of hydrogen-bond donors (Lipinski definition) is 2. The Kier molecular flexibility index (Phi) is 4.02. The van der Waals surface area contributed by atoms with Gasteiger partial charge in [-0.15, -0.1) is 0 Å². The van der Waals surface area contributed by atoms with E-state index in [4.69, 9.17) is 17.4 Å². The molecule has 2 nitrogen and oxygen atoms in total. The second-order valence-corrected chi connectivity index (χ2v) is 4.94. The highest BCUT2D eigenvalue weighted by Crippen LogP contribution is 2.28. The lowest BCUT2D eigenvalue weighted by Crippen LogP contribution is -2.29. The van der Waals surface area contributed by atoms with Gasteiger partial charge in [-0.05, 0) is 36.6 Å². The summed E-state index contributed by atoms with van der Waals surface area (Å²) in [5.74, 6) is 5.67. The van der Waals surface area contributed by atoms with Crippen LogP contribution in [-0.4, -0.2) is 0 Å². The predicted molar refractivity (Wildman–Crippen MR) is 76.5 cm³/mol. The number of nitrogens with two attached hydrogens (primary N) is 1. The lowest BCUT2D eigenvalue weighted by atomic mass is 9.97. The van der Waals surface area contributed by atoms with Crippen LogP contribution in [0.15, 0.2) is 42.5 Å². The van der Waals surface area contributed by atoms with E-state index in [1.54, 1.807) is 0 Å². The zero-order valence-corrected chi connectivity index (χ0v) is 11.3. The summed E-state index contributed by atoms with van der Waals surface area (Å²) in [4.78, 5) is 0. The van der Waals surface area contributed by atoms with Gasteiger partial charge >= 0.3 is 0 Å². The molecule has 0 aliphatic heterocycles. The summed E-state index contributed by atoms with van der Waals surface area (Å²) >= 11 is 6.29. The van der Waals surface area contributed by atoms with Crippen molar-refractivity contribution in [2.24, 2.45) is 5.84 Å². The van der Waals surface area contributed by atoms with Gasteiger partial charge in [0, 0.05) is 5.02 Å². The summed E-state index contributed by atoms with van der Waals surface area (Å²) < 4.78 is 0. The standard InChI is InChI=1S/C15H17ClN2/c1-10-3-6-12(7-4-10)15(18-17)13-8-5-11(2)9-14(13)16/h3-9,15,18H,17H2,1-2H3. The van der Waals surface area contributed by atoms with E-state index in [0.717, 1.165) is 21.7 Å². The van der Waals surface area contributed by atoms with Crippen molar-refractivity contribution < 1.29 is 0 Å². The van der Waals surface area contributed by atoms with E-state index in [1.807, 2.05) is 25.1 Å². The number of hydrogen-bond acceptors (Lipinski definition) is 2. The second kappa shape index (κ2) is 5.53. The van der Waals surface area contributed by atoms with Crippen molar-refractivity contribution in [3.8, 4) is 0 Å². The maximum atomic E-state index is 6.29. The van der Waals surface area contributed by atoms with E-state index >= 15 is 0 Å². The van der Waals surface area contributed by atoms with Gasteiger partial charge in [0.25, 0.3) is 0 Å². The summed E-state index contributed by atoms with van der Waals surface area (Å²) in [6, 6.07) is 14.2. The number of rotatable bonds is 3. The molecule has 94 valence electrons. The molecule has 0 saturated carbocycles. The zero-order chi connectivity index (χ0) is 13.1. The molecule has 1 unspecified atom stereocenters. The van der Waals surface area contributed by atoms with Crippen molar-refractivity contribution in [3.05, 3.63) is 69.7 Å². The summed E-state index contributed by atoms with van der Waals surface area (Å²) in [6.07, 6.45) is 0. The van der Waals surface area contributed by atoms with Crippen molar-refractivity contribution in [3.63, 3.8) is 0 Å². The number of halogens is 1. The highest BCUT2D eigenvalue weighted by molar-refractivity contribution is 6.31. The van der Waals surface area contributed by atoms with Gasteiger partial charge in [-0.2, -0.15) is 0 Å². The molecule has 0 fully saturated rings. The SMILES string of the molecule is Cc1ccc(C(NN)c2ccc(C)cc2Cl)cc1. The molecule has 3 heteroatoms. The first kappa shape index (κ1) is 13.1. The minimum atomic E-state index is -0.0845. The average molecular weight is 261 g/mol.